The molecular weight excluding hydrogens is 184 g/mol. The lowest BCUT2D eigenvalue weighted by atomic mass is 10.1. The quantitative estimate of drug-likeness (QED) is 0.497. The van der Waals surface area contributed by atoms with Crippen molar-refractivity contribution >= 4 is 23.1 Å². The molecule has 2 nitrogen and oxygen atoms in total. The van der Waals surface area contributed by atoms with Crippen LogP contribution in [0.5, 0.6) is 0 Å². The Hall–Kier alpha value is -0.580. The largest absolute Gasteiger partial charge is 0.398 e. The number of alkyl halides is 3. The number of carbonyl (C=O) groups is 2. The fraction of sp³-hybridized carbons (Fsp3) is 0.600. The van der Waals surface area contributed by atoms with Crippen LogP contribution in [0.15, 0.2) is 0 Å². The van der Waals surface area contributed by atoms with Crippen molar-refractivity contribution in [3.63, 3.8) is 0 Å². The van der Waals surface area contributed by atoms with Gasteiger partial charge in [0.15, 0.2) is 0 Å². The Balaban J connectivity index is 4.18. The maximum atomic E-state index is 11.6. The van der Waals surface area contributed by atoms with E-state index < -0.39 is 23.8 Å². The Morgan fingerprint density at radius 1 is 1.55 bits per heavy atom. The van der Waals surface area contributed by atoms with Crippen molar-refractivity contribution < 1.29 is 22.8 Å². The molecule has 0 aromatic rings. The molecule has 11 heavy (non-hydrogen) atoms. The van der Waals surface area contributed by atoms with Gasteiger partial charge in [0.2, 0.25) is 5.24 Å². The first-order valence-corrected chi connectivity index (χ1v) is 2.96. The first-order chi connectivity index (χ1) is 4.88. The van der Waals surface area contributed by atoms with E-state index in [1.54, 1.807) is 0 Å². The van der Waals surface area contributed by atoms with E-state index in [2.05, 4.69) is 11.6 Å². The molecule has 64 valence electrons. The monoisotopic (exact) mass is 188 g/mol. The molecule has 0 saturated heterocycles. The Kier molecular flexibility index (Phi) is 3.51. The molecule has 0 aliphatic rings. The Morgan fingerprint density at radius 2 is 2.00 bits per heavy atom. The third kappa shape index (κ3) is 3.98. The summed E-state index contributed by atoms with van der Waals surface area (Å²) >= 11 is 4.66. The van der Waals surface area contributed by atoms with Crippen LogP contribution in [0, 0.1) is 5.92 Å². The minimum Gasteiger partial charge on any atom is -0.303 e. The van der Waals surface area contributed by atoms with Gasteiger partial charge in [0.05, 0.1) is 0 Å². The summed E-state index contributed by atoms with van der Waals surface area (Å²) < 4.78 is 34.9. The number of carbonyl (C=O) groups excluding carboxylic acids is 2. The Labute approximate surface area is 65.3 Å². The second-order valence-electron chi connectivity index (χ2n) is 1.84. The van der Waals surface area contributed by atoms with Crippen LogP contribution in [0.4, 0.5) is 13.2 Å². The summed E-state index contributed by atoms with van der Waals surface area (Å²) in [6, 6.07) is 0. The summed E-state index contributed by atoms with van der Waals surface area (Å²) in [5.41, 5.74) is 0. The zero-order valence-corrected chi connectivity index (χ0v) is 5.95. The fourth-order valence-corrected chi connectivity index (χ4v) is 0.580. The van der Waals surface area contributed by atoms with Crippen LogP contribution in [-0.4, -0.2) is 17.7 Å². The van der Waals surface area contributed by atoms with E-state index in [1.807, 2.05) is 0 Å². The highest BCUT2D eigenvalue weighted by Gasteiger charge is 2.40. The molecule has 0 spiro atoms. The van der Waals surface area contributed by atoms with E-state index in [0.717, 1.165) is 0 Å². The minimum atomic E-state index is -4.67. The molecule has 0 fully saturated rings. The molecule has 0 bridgehead atoms. The molecule has 6 heteroatoms. The summed E-state index contributed by atoms with van der Waals surface area (Å²) in [4.78, 5) is 19.7. The number of hydrogen-bond acceptors (Lipinski definition) is 2. The topological polar surface area (TPSA) is 34.1 Å². The fourth-order valence-electron chi connectivity index (χ4n) is 0.414. The van der Waals surface area contributed by atoms with Gasteiger partial charge >= 0.3 is 6.18 Å². The zero-order valence-electron chi connectivity index (χ0n) is 5.19. The van der Waals surface area contributed by atoms with Crippen molar-refractivity contribution in [2.24, 2.45) is 5.92 Å². The zero-order chi connectivity index (χ0) is 9.07. The Bertz CT molecular complexity index is 166. The Morgan fingerprint density at radius 3 is 2.09 bits per heavy atom. The van der Waals surface area contributed by atoms with Crippen LogP contribution in [0.3, 0.4) is 0 Å². The molecule has 0 saturated carbocycles. The molecular formula is C5H4ClF3O2. The van der Waals surface area contributed by atoms with Crippen LogP contribution in [0.25, 0.3) is 0 Å². The summed E-state index contributed by atoms with van der Waals surface area (Å²) in [6.45, 7) is 0. The summed E-state index contributed by atoms with van der Waals surface area (Å²) in [5.74, 6) is -2.27. The summed E-state index contributed by atoms with van der Waals surface area (Å²) in [6.07, 6.45) is -6.00. The van der Waals surface area contributed by atoms with E-state index in [9.17, 15) is 22.8 Å². The average molecular weight is 189 g/mol. The first-order valence-electron chi connectivity index (χ1n) is 2.58. The van der Waals surface area contributed by atoms with E-state index in [-0.39, 0.29) is 6.29 Å². The number of aldehydes is 1. The van der Waals surface area contributed by atoms with Gasteiger partial charge in [-0.2, -0.15) is 13.2 Å². The molecule has 0 N–H and O–H groups in total. The molecule has 0 aliphatic carbocycles. The van der Waals surface area contributed by atoms with E-state index in [4.69, 9.17) is 0 Å². The predicted octanol–water partition coefficient (Wildman–Crippen LogP) is 1.52. The van der Waals surface area contributed by atoms with Crippen molar-refractivity contribution in [2.75, 3.05) is 0 Å². The van der Waals surface area contributed by atoms with Crippen LogP contribution < -0.4 is 0 Å². The predicted molar refractivity (Wildman–Crippen MR) is 31.1 cm³/mol. The molecule has 0 aromatic carbocycles. The van der Waals surface area contributed by atoms with Crippen LogP contribution in [0.2, 0.25) is 0 Å². The SMILES string of the molecule is O=CC(CC(=O)Cl)C(F)(F)F. The highest BCUT2D eigenvalue weighted by Crippen LogP contribution is 2.27. The third-order valence-corrected chi connectivity index (χ3v) is 1.12. The van der Waals surface area contributed by atoms with Crippen molar-refractivity contribution in [1.29, 1.82) is 0 Å². The van der Waals surface area contributed by atoms with E-state index in [0.29, 0.717) is 0 Å². The van der Waals surface area contributed by atoms with E-state index in [1.165, 1.54) is 0 Å². The lowest BCUT2D eigenvalue weighted by molar-refractivity contribution is -0.176. The lowest BCUT2D eigenvalue weighted by Crippen LogP contribution is -2.25. The standard InChI is InChI=1S/C5H4ClF3O2/c6-4(11)1-3(2-10)5(7,8)9/h2-3H,1H2. The second kappa shape index (κ2) is 3.71. The lowest BCUT2D eigenvalue weighted by Gasteiger charge is -2.10. The number of halogens is 4. The molecule has 0 heterocycles. The maximum absolute atomic E-state index is 11.6. The molecule has 0 radical (unpaired) electrons. The molecule has 0 aromatic heterocycles. The first kappa shape index (κ1) is 10.4. The molecule has 1 atom stereocenters. The van der Waals surface area contributed by atoms with Gasteiger partial charge in [0, 0.05) is 6.42 Å². The van der Waals surface area contributed by atoms with Gasteiger partial charge in [-0.3, -0.25) is 4.79 Å². The number of rotatable bonds is 3. The molecule has 1 unspecified atom stereocenters. The molecule has 0 amide bonds. The smallest absolute Gasteiger partial charge is 0.303 e. The maximum Gasteiger partial charge on any atom is 0.398 e. The van der Waals surface area contributed by atoms with Gasteiger partial charge in [0.1, 0.15) is 12.2 Å². The van der Waals surface area contributed by atoms with Crippen LogP contribution >= 0.6 is 11.6 Å². The van der Waals surface area contributed by atoms with Gasteiger partial charge in [0.25, 0.3) is 0 Å². The van der Waals surface area contributed by atoms with Crippen molar-refractivity contribution in [3.8, 4) is 0 Å². The highest BCUT2D eigenvalue weighted by molar-refractivity contribution is 6.63. The van der Waals surface area contributed by atoms with Crippen molar-refractivity contribution in [1.82, 2.24) is 0 Å². The normalized spacial score (nSPS) is 14.2. The molecule has 0 aliphatic heterocycles. The third-order valence-electron chi connectivity index (χ3n) is 0.965. The number of hydrogen-bond donors (Lipinski definition) is 0. The van der Waals surface area contributed by atoms with Gasteiger partial charge in [-0.05, 0) is 11.6 Å². The molecule has 0 rings (SSSR count). The minimum absolute atomic E-state index is 0.333. The van der Waals surface area contributed by atoms with Crippen molar-refractivity contribution in [2.45, 2.75) is 12.6 Å². The summed E-state index contributed by atoms with van der Waals surface area (Å²) in [7, 11) is 0. The van der Waals surface area contributed by atoms with Crippen molar-refractivity contribution in [3.05, 3.63) is 0 Å². The van der Waals surface area contributed by atoms with Crippen LogP contribution in [-0.2, 0) is 9.59 Å². The second-order valence-corrected chi connectivity index (χ2v) is 2.26. The summed E-state index contributed by atoms with van der Waals surface area (Å²) in [5, 5.41) is -1.17. The van der Waals surface area contributed by atoms with Gasteiger partial charge in [-0.15, -0.1) is 0 Å². The van der Waals surface area contributed by atoms with Gasteiger partial charge in [-0.1, -0.05) is 0 Å². The highest BCUT2D eigenvalue weighted by atomic mass is 35.5. The van der Waals surface area contributed by atoms with Gasteiger partial charge < -0.3 is 4.79 Å². The van der Waals surface area contributed by atoms with Crippen LogP contribution in [0.1, 0.15) is 6.42 Å². The van der Waals surface area contributed by atoms with Gasteiger partial charge in [-0.25, -0.2) is 0 Å². The van der Waals surface area contributed by atoms with E-state index >= 15 is 0 Å². The average Bonchev–Trinajstić information content (AvgIpc) is 1.79.